The number of hydrogen-bond donors (Lipinski definition) is 1. The van der Waals surface area contributed by atoms with Gasteiger partial charge in [0.15, 0.2) is 0 Å². The third-order valence-corrected chi connectivity index (χ3v) is 5.05. The van der Waals surface area contributed by atoms with Crippen LogP contribution in [0.5, 0.6) is 0 Å². The molecule has 0 aromatic rings. The topological polar surface area (TPSA) is 15.3 Å². The maximum atomic E-state index is 3.73. The zero-order valence-electron chi connectivity index (χ0n) is 13.2. The van der Waals surface area contributed by atoms with Gasteiger partial charge in [-0.05, 0) is 46.1 Å². The summed E-state index contributed by atoms with van der Waals surface area (Å²) in [6.07, 6.45) is 14.4. The van der Waals surface area contributed by atoms with Crippen molar-refractivity contribution in [3.63, 3.8) is 0 Å². The first-order valence-electron chi connectivity index (χ1n) is 8.76. The fourth-order valence-electron chi connectivity index (χ4n) is 3.88. The van der Waals surface area contributed by atoms with Crippen molar-refractivity contribution in [3.05, 3.63) is 0 Å². The Morgan fingerprint density at radius 1 is 0.895 bits per heavy atom. The summed E-state index contributed by atoms with van der Waals surface area (Å²) in [6.45, 7) is 7.30. The first kappa shape index (κ1) is 15.3. The lowest BCUT2D eigenvalue weighted by Gasteiger charge is -2.39. The number of nitrogens with one attached hydrogen (secondary N) is 1. The molecule has 0 spiro atoms. The van der Waals surface area contributed by atoms with Crippen LogP contribution in [0.2, 0.25) is 0 Å². The van der Waals surface area contributed by atoms with E-state index in [1.807, 2.05) is 0 Å². The molecule has 2 nitrogen and oxygen atoms in total. The Balaban J connectivity index is 1.88. The molecular formula is C17H34N2. The lowest BCUT2D eigenvalue weighted by molar-refractivity contribution is 0.108. The molecule has 1 N–H and O–H groups in total. The van der Waals surface area contributed by atoms with Gasteiger partial charge in [-0.25, -0.2) is 0 Å². The van der Waals surface area contributed by atoms with Crippen LogP contribution in [0.3, 0.4) is 0 Å². The van der Waals surface area contributed by atoms with Gasteiger partial charge in [0.25, 0.3) is 0 Å². The van der Waals surface area contributed by atoms with E-state index in [2.05, 4.69) is 24.1 Å². The summed E-state index contributed by atoms with van der Waals surface area (Å²) in [5.41, 5.74) is 0. The highest BCUT2D eigenvalue weighted by atomic mass is 15.2. The van der Waals surface area contributed by atoms with Crippen molar-refractivity contribution < 1.29 is 0 Å². The molecular weight excluding hydrogens is 232 g/mol. The Labute approximate surface area is 120 Å². The number of rotatable bonds is 4. The van der Waals surface area contributed by atoms with Gasteiger partial charge in [0.1, 0.15) is 0 Å². The fourth-order valence-corrected chi connectivity index (χ4v) is 3.88. The van der Waals surface area contributed by atoms with Crippen LogP contribution in [0.1, 0.15) is 78.1 Å². The zero-order chi connectivity index (χ0) is 13.5. The highest BCUT2D eigenvalue weighted by Crippen LogP contribution is 2.24. The molecule has 2 aliphatic rings. The van der Waals surface area contributed by atoms with Crippen molar-refractivity contribution in [3.8, 4) is 0 Å². The molecule has 2 heteroatoms. The average molecular weight is 266 g/mol. The van der Waals surface area contributed by atoms with Crippen molar-refractivity contribution in [2.45, 2.75) is 96.2 Å². The quantitative estimate of drug-likeness (QED) is 0.829. The molecule has 0 aromatic heterocycles. The molecule has 1 saturated heterocycles. The van der Waals surface area contributed by atoms with Gasteiger partial charge in [0.2, 0.25) is 0 Å². The molecule has 112 valence electrons. The molecule has 2 rings (SSSR count). The van der Waals surface area contributed by atoms with Crippen LogP contribution in [0, 0.1) is 0 Å². The fraction of sp³-hybridized carbons (Fsp3) is 1.00. The second kappa shape index (κ2) is 8.26. The van der Waals surface area contributed by atoms with Gasteiger partial charge in [-0.2, -0.15) is 0 Å². The van der Waals surface area contributed by atoms with Gasteiger partial charge >= 0.3 is 0 Å². The summed E-state index contributed by atoms with van der Waals surface area (Å²) in [4.78, 5) is 2.81. The number of hydrogen-bond acceptors (Lipinski definition) is 2. The van der Waals surface area contributed by atoms with Gasteiger partial charge < -0.3 is 5.32 Å². The summed E-state index contributed by atoms with van der Waals surface area (Å²) in [5, 5.41) is 3.73. The highest BCUT2D eigenvalue weighted by Gasteiger charge is 2.25. The molecule has 1 atom stereocenters. The highest BCUT2D eigenvalue weighted by molar-refractivity contribution is 4.83. The van der Waals surface area contributed by atoms with E-state index in [4.69, 9.17) is 0 Å². The SMILES string of the molecule is CC(C)N(CC1CCCCN1)C1CCCCCCC1. The standard InChI is InChI=1S/C17H34N2/c1-15(2)19(14-16-10-8-9-13-18-16)17-11-6-4-3-5-7-12-17/h15-18H,3-14H2,1-2H3. The molecule has 1 aliphatic heterocycles. The molecule has 1 unspecified atom stereocenters. The number of piperidine rings is 1. The molecule has 1 aliphatic carbocycles. The van der Waals surface area contributed by atoms with Crippen molar-refractivity contribution >= 4 is 0 Å². The van der Waals surface area contributed by atoms with Crippen LogP contribution >= 0.6 is 0 Å². The summed E-state index contributed by atoms with van der Waals surface area (Å²) in [7, 11) is 0. The van der Waals surface area contributed by atoms with E-state index >= 15 is 0 Å². The molecule has 0 bridgehead atoms. The summed E-state index contributed by atoms with van der Waals surface area (Å²) >= 11 is 0. The second-order valence-corrected chi connectivity index (χ2v) is 6.94. The Bertz CT molecular complexity index is 225. The number of nitrogens with zero attached hydrogens (tertiary/aromatic N) is 1. The Morgan fingerprint density at radius 2 is 1.53 bits per heavy atom. The monoisotopic (exact) mass is 266 g/mol. The van der Waals surface area contributed by atoms with Crippen LogP contribution < -0.4 is 5.32 Å². The van der Waals surface area contributed by atoms with E-state index in [-0.39, 0.29) is 0 Å². The van der Waals surface area contributed by atoms with Crippen LogP contribution in [0.25, 0.3) is 0 Å². The zero-order valence-corrected chi connectivity index (χ0v) is 13.2. The lowest BCUT2D eigenvalue weighted by Crippen LogP contribution is -2.50. The molecule has 0 radical (unpaired) electrons. The van der Waals surface area contributed by atoms with Crippen molar-refractivity contribution in [1.82, 2.24) is 10.2 Å². The maximum absolute atomic E-state index is 3.73. The van der Waals surface area contributed by atoms with E-state index in [0.717, 1.165) is 12.1 Å². The van der Waals surface area contributed by atoms with Gasteiger partial charge in [-0.1, -0.05) is 38.5 Å². The van der Waals surface area contributed by atoms with Gasteiger partial charge in [-0.3, -0.25) is 4.90 Å². The average Bonchev–Trinajstić information content (AvgIpc) is 2.37. The predicted molar refractivity (Wildman–Crippen MR) is 83.6 cm³/mol. The van der Waals surface area contributed by atoms with Crippen LogP contribution in [0.4, 0.5) is 0 Å². The lowest BCUT2D eigenvalue weighted by atomic mass is 9.93. The third-order valence-electron chi connectivity index (χ3n) is 5.05. The predicted octanol–water partition coefficient (Wildman–Crippen LogP) is 3.95. The minimum atomic E-state index is 0.702. The first-order chi connectivity index (χ1) is 9.27. The smallest absolute Gasteiger partial charge is 0.0195 e. The largest absolute Gasteiger partial charge is 0.313 e. The van der Waals surface area contributed by atoms with Crippen molar-refractivity contribution in [1.29, 1.82) is 0 Å². The van der Waals surface area contributed by atoms with E-state index in [0.29, 0.717) is 6.04 Å². The van der Waals surface area contributed by atoms with E-state index in [9.17, 15) is 0 Å². The molecule has 1 saturated carbocycles. The minimum absolute atomic E-state index is 0.702. The van der Waals surface area contributed by atoms with Gasteiger partial charge in [0.05, 0.1) is 0 Å². The molecule has 0 amide bonds. The Kier molecular flexibility index (Phi) is 6.66. The van der Waals surface area contributed by atoms with E-state index in [1.54, 1.807) is 0 Å². The van der Waals surface area contributed by atoms with Crippen LogP contribution in [-0.4, -0.2) is 36.1 Å². The van der Waals surface area contributed by atoms with Crippen LogP contribution in [0.15, 0.2) is 0 Å². The Hall–Kier alpha value is -0.0800. The van der Waals surface area contributed by atoms with Crippen molar-refractivity contribution in [2.24, 2.45) is 0 Å². The maximum Gasteiger partial charge on any atom is 0.0195 e. The van der Waals surface area contributed by atoms with E-state index in [1.165, 1.54) is 77.3 Å². The summed E-state index contributed by atoms with van der Waals surface area (Å²) < 4.78 is 0. The molecule has 19 heavy (non-hydrogen) atoms. The van der Waals surface area contributed by atoms with E-state index < -0.39 is 0 Å². The normalized spacial score (nSPS) is 27.5. The van der Waals surface area contributed by atoms with Crippen LogP contribution in [-0.2, 0) is 0 Å². The molecule has 1 heterocycles. The summed E-state index contributed by atoms with van der Waals surface area (Å²) in [5.74, 6) is 0. The first-order valence-corrected chi connectivity index (χ1v) is 8.76. The third kappa shape index (κ3) is 5.07. The van der Waals surface area contributed by atoms with Gasteiger partial charge in [-0.15, -0.1) is 0 Å². The second-order valence-electron chi connectivity index (χ2n) is 6.94. The van der Waals surface area contributed by atoms with Crippen molar-refractivity contribution in [2.75, 3.05) is 13.1 Å². The molecule has 2 fully saturated rings. The molecule has 0 aromatic carbocycles. The Morgan fingerprint density at radius 3 is 2.11 bits per heavy atom. The summed E-state index contributed by atoms with van der Waals surface area (Å²) in [6, 6.07) is 2.30. The minimum Gasteiger partial charge on any atom is -0.313 e. The van der Waals surface area contributed by atoms with Gasteiger partial charge in [0, 0.05) is 24.7 Å².